The lowest BCUT2D eigenvalue weighted by atomic mass is 9.89. The molecule has 3 heteroatoms. The van der Waals surface area contributed by atoms with Crippen molar-refractivity contribution in [2.24, 2.45) is 5.92 Å². The highest BCUT2D eigenvalue weighted by Gasteiger charge is 2.31. The van der Waals surface area contributed by atoms with Crippen molar-refractivity contribution in [3.63, 3.8) is 0 Å². The first-order chi connectivity index (χ1) is 11.2. The van der Waals surface area contributed by atoms with Gasteiger partial charge in [-0.2, -0.15) is 0 Å². The number of piperidine rings is 1. The SMILES string of the molecule is C[C@@H](C(=O)NC1CCCC1)[NH+]1CCC(Cc2ccccc2)CC1. The Morgan fingerprint density at radius 3 is 2.43 bits per heavy atom. The highest BCUT2D eigenvalue weighted by molar-refractivity contribution is 5.80. The number of hydrogen-bond donors (Lipinski definition) is 2. The van der Waals surface area contributed by atoms with Crippen molar-refractivity contribution in [1.82, 2.24) is 5.32 Å². The highest BCUT2D eigenvalue weighted by atomic mass is 16.2. The molecule has 0 unspecified atom stereocenters. The molecular formula is C20H31N2O+. The Bertz CT molecular complexity index is 488. The van der Waals surface area contributed by atoms with E-state index in [1.165, 1.54) is 55.4 Å². The van der Waals surface area contributed by atoms with Crippen LogP contribution in [0.2, 0.25) is 0 Å². The lowest BCUT2D eigenvalue weighted by Gasteiger charge is -2.33. The first-order valence-electron chi connectivity index (χ1n) is 9.41. The molecule has 1 saturated carbocycles. The van der Waals surface area contributed by atoms with Crippen molar-refractivity contribution >= 4 is 5.91 Å². The number of likely N-dealkylation sites (tertiary alicyclic amines) is 1. The summed E-state index contributed by atoms with van der Waals surface area (Å²) in [7, 11) is 0. The van der Waals surface area contributed by atoms with Gasteiger partial charge in [0.25, 0.3) is 5.91 Å². The minimum Gasteiger partial charge on any atom is -0.348 e. The van der Waals surface area contributed by atoms with Gasteiger partial charge in [-0.15, -0.1) is 0 Å². The van der Waals surface area contributed by atoms with Crippen molar-refractivity contribution in [3.05, 3.63) is 35.9 Å². The molecule has 1 aliphatic carbocycles. The molecule has 3 rings (SSSR count). The van der Waals surface area contributed by atoms with Gasteiger partial charge in [-0.25, -0.2) is 0 Å². The molecule has 1 saturated heterocycles. The van der Waals surface area contributed by atoms with Gasteiger partial charge in [-0.3, -0.25) is 4.79 Å². The van der Waals surface area contributed by atoms with E-state index < -0.39 is 0 Å². The maximum atomic E-state index is 12.4. The Morgan fingerprint density at radius 1 is 1.13 bits per heavy atom. The van der Waals surface area contributed by atoms with Crippen LogP contribution in [0.25, 0.3) is 0 Å². The van der Waals surface area contributed by atoms with Gasteiger partial charge >= 0.3 is 0 Å². The third-order valence-electron chi connectivity index (χ3n) is 5.82. The summed E-state index contributed by atoms with van der Waals surface area (Å²) in [5.41, 5.74) is 1.45. The van der Waals surface area contributed by atoms with Crippen LogP contribution in [-0.4, -0.2) is 31.1 Å². The zero-order valence-electron chi connectivity index (χ0n) is 14.4. The van der Waals surface area contributed by atoms with E-state index in [2.05, 4.69) is 42.6 Å². The number of rotatable bonds is 5. The summed E-state index contributed by atoms with van der Waals surface area (Å²) in [5.74, 6) is 1.06. The molecule has 1 heterocycles. The Labute approximate surface area is 140 Å². The third-order valence-corrected chi connectivity index (χ3v) is 5.82. The van der Waals surface area contributed by atoms with Gasteiger partial charge in [-0.1, -0.05) is 43.2 Å². The van der Waals surface area contributed by atoms with Crippen LogP contribution in [-0.2, 0) is 11.2 Å². The maximum absolute atomic E-state index is 12.4. The number of hydrogen-bond acceptors (Lipinski definition) is 1. The predicted molar refractivity (Wildman–Crippen MR) is 93.4 cm³/mol. The van der Waals surface area contributed by atoms with Crippen molar-refractivity contribution < 1.29 is 9.69 Å². The van der Waals surface area contributed by atoms with Gasteiger partial charge in [0, 0.05) is 6.04 Å². The number of amides is 1. The van der Waals surface area contributed by atoms with E-state index in [0.29, 0.717) is 6.04 Å². The summed E-state index contributed by atoms with van der Waals surface area (Å²) in [5, 5.41) is 3.27. The monoisotopic (exact) mass is 315 g/mol. The molecule has 0 bridgehead atoms. The van der Waals surface area contributed by atoms with Crippen LogP contribution in [0.1, 0.15) is 51.0 Å². The van der Waals surface area contributed by atoms with E-state index in [-0.39, 0.29) is 11.9 Å². The molecule has 2 fully saturated rings. The van der Waals surface area contributed by atoms with Crippen LogP contribution in [0, 0.1) is 5.92 Å². The average molecular weight is 315 g/mol. The Kier molecular flexibility index (Phi) is 5.71. The standard InChI is InChI=1S/C20H30N2O/c1-16(20(23)21-19-9-5-6-10-19)22-13-11-18(12-14-22)15-17-7-3-2-4-8-17/h2-4,7-8,16,18-19H,5-6,9-15H2,1H3,(H,21,23)/p+1/t16-/m0/s1. The van der Waals surface area contributed by atoms with Crippen LogP contribution in [0.4, 0.5) is 0 Å². The molecule has 1 aliphatic heterocycles. The predicted octanol–water partition coefficient (Wildman–Crippen LogP) is 1.97. The molecule has 1 amide bonds. The van der Waals surface area contributed by atoms with Crippen molar-refractivity contribution in [2.45, 2.75) is 64.0 Å². The highest BCUT2D eigenvalue weighted by Crippen LogP contribution is 2.18. The topological polar surface area (TPSA) is 33.5 Å². The summed E-state index contributed by atoms with van der Waals surface area (Å²) in [6.45, 7) is 4.38. The van der Waals surface area contributed by atoms with E-state index in [1.54, 1.807) is 0 Å². The lowest BCUT2D eigenvalue weighted by Crippen LogP contribution is -3.17. The largest absolute Gasteiger partial charge is 0.348 e. The molecule has 23 heavy (non-hydrogen) atoms. The summed E-state index contributed by atoms with van der Waals surface area (Å²) in [4.78, 5) is 13.9. The zero-order valence-corrected chi connectivity index (χ0v) is 14.4. The van der Waals surface area contributed by atoms with Gasteiger partial charge < -0.3 is 10.2 Å². The molecule has 3 nitrogen and oxygen atoms in total. The van der Waals surface area contributed by atoms with Gasteiger partial charge in [0.05, 0.1) is 13.1 Å². The number of carbonyl (C=O) groups is 1. The van der Waals surface area contributed by atoms with Crippen LogP contribution in [0.3, 0.4) is 0 Å². The molecule has 0 radical (unpaired) electrons. The van der Waals surface area contributed by atoms with Crippen LogP contribution in [0.5, 0.6) is 0 Å². The fraction of sp³-hybridized carbons (Fsp3) is 0.650. The number of quaternary nitrogens is 1. The normalized spacial score (nSPS) is 26.8. The average Bonchev–Trinajstić information content (AvgIpc) is 3.09. The quantitative estimate of drug-likeness (QED) is 0.856. The zero-order chi connectivity index (χ0) is 16.1. The van der Waals surface area contributed by atoms with Crippen molar-refractivity contribution in [1.29, 1.82) is 0 Å². The molecule has 1 aromatic rings. The van der Waals surface area contributed by atoms with Gasteiger partial charge in [0.1, 0.15) is 0 Å². The second kappa shape index (κ2) is 7.96. The summed E-state index contributed by atoms with van der Waals surface area (Å²) >= 11 is 0. The van der Waals surface area contributed by atoms with E-state index in [4.69, 9.17) is 0 Å². The second-order valence-electron chi connectivity index (χ2n) is 7.50. The molecule has 1 atom stereocenters. The van der Waals surface area contributed by atoms with E-state index in [9.17, 15) is 4.79 Å². The van der Waals surface area contributed by atoms with E-state index in [1.807, 2.05) is 0 Å². The second-order valence-corrected chi connectivity index (χ2v) is 7.50. The molecule has 1 aromatic carbocycles. The fourth-order valence-electron chi connectivity index (χ4n) is 4.21. The molecule has 2 N–H and O–H groups in total. The Hall–Kier alpha value is -1.35. The molecular weight excluding hydrogens is 284 g/mol. The van der Waals surface area contributed by atoms with Gasteiger partial charge in [-0.05, 0) is 50.5 Å². The summed E-state index contributed by atoms with van der Waals surface area (Å²) in [6, 6.07) is 11.4. The van der Waals surface area contributed by atoms with Crippen molar-refractivity contribution in [2.75, 3.05) is 13.1 Å². The minimum absolute atomic E-state index is 0.105. The number of carbonyl (C=O) groups excluding carboxylic acids is 1. The Morgan fingerprint density at radius 2 is 1.78 bits per heavy atom. The van der Waals surface area contributed by atoms with Crippen LogP contribution < -0.4 is 10.2 Å². The number of benzene rings is 1. The first kappa shape index (κ1) is 16.5. The van der Waals surface area contributed by atoms with Crippen LogP contribution >= 0.6 is 0 Å². The van der Waals surface area contributed by atoms with Crippen LogP contribution in [0.15, 0.2) is 30.3 Å². The summed E-state index contributed by atoms with van der Waals surface area (Å²) in [6.07, 6.45) is 8.57. The van der Waals surface area contributed by atoms with Crippen molar-refractivity contribution in [3.8, 4) is 0 Å². The van der Waals surface area contributed by atoms with E-state index >= 15 is 0 Å². The minimum atomic E-state index is 0.105. The number of nitrogens with one attached hydrogen (secondary N) is 2. The smallest absolute Gasteiger partial charge is 0.278 e. The molecule has 2 aliphatic rings. The molecule has 0 spiro atoms. The van der Waals surface area contributed by atoms with Gasteiger partial charge in [0.2, 0.25) is 0 Å². The van der Waals surface area contributed by atoms with Gasteiger partial charge in [0.15, 0.2) is 6.04 Å². The fourth-order valence-corrected chi connectivity index (χ4v) is 4.21. The molecule has 0 aromatic heterocycles. The maximum Gasteiger partial charge on any atom is 0.278 e. The lowest BCUT2D eigenvalue weighted by molar-refractivity contribution is -0.920. The summed E-state index contributed by atoms with van der Waals surface area (Å²) < 4.78 is 0. The third kappa shape index (κ3) is 4.57. The Balaban J connectivity index is 1.43. The first-order valence-corrected chi connectivity index (χ1v) is 9.41. The molecule has 126 valence electrons. The van der Waals surface area contributed by atoms with E-state index in [0.717, 1.165) is 19.0 Å².